The Bertz CT molecular complexity index is 877. The second-order valence-electron chi connectivity index (χ2n) is 10.1. The molecule has 6 atom stereocenters. The molecule has 0 radical (unpaired) electrons. The number of nitrogens with zero attached hydrogens (tertiary/aromatic N) is 1. The first-order valence-electron chi connectivity index (χ1n) is 13.3. The van der Waals surface area contributed by atoms with Gasteiger partial charge in [0.1, 0.15) is 6.61 Å². The van der Waals surface area contributed by atoms with E-state index in [2.05, 4.69) is 34.3 Å². The third-order valence-corrected chi connectivity index (χ3v) is 12.5. The lowest BCUT2D eigenvalue weighted by Gasteiger charge is -2.41. The van der Waals surface area contributed by atoms with Gasteiger partial charge in [-0.15, -0.1) is 0 Å². The van der Waals surface area contributed by atoms with Crippen molar-refractivity contribution in [3.63, 3.8) is 0 Å². The van der Waals surface area contributed by atoms with Crippen LogP contribution >= 0.6 is 0 Å². The Morgan fingerprint density at radius 3 is 2.36 bits per heavy atom. The Balaban J connectivity index is 2.25. The SMILES string of the molecule is C=C/C=C/[C@H](C)[C@H](O[Si](CC)(CC)CC)[C@@H](C)[C@H](O)[C@@H](C)C(=O)N1C(=O)OC[C@H]1Cc1ccccc1. The van der Waals surface area contributed by atoms with Crippen LogP contribution in [0.25, 0.3) is 0 Å². The molecule has 0 unspecified atom stereocenters. The van der Waals surface area contributed by atoms with Crippen molar-refractivity contribution in [2.45, 2.75) is 84.3 Å². The van der Waals surface area contributed by atoms with Crippen molar-refractivity contribution < 1.29 is 23.9 Å². The lowest BCUT2D eigenvalue weighted by molar-refractivity contribution is -0.139. The fourth-order valence-corrected chi connectivity index (χ4v) is 8.13. The number of aliphatic hydroxyl groups excluding tert-OH is 1. The predicted octanol–water partition coefficient (Wildman–Crippen LogP) is 5.98. The van der Waals surface area contributed by atoms with Crippen LogP contribution in [0.4, 0.5) is 4.79 Å². The van der Waals surface area contributed by atoms with Gasteiger partial charge in [0.15, 0.2) is 8.32 Å². The number of rotatable bonds is 14. The van der Waals surface area contributed by atoms with E-state index in [4.69, 9.17) is 9.16 Å². The molecule has 0 aliphatic carbocycles. The molecule has 1 aromatic rings. The van der Waals surface area contributed by atoms with Crippen molar-refractivity contribution in [1.82, 2.24) is 4.90 Å². The molecule has 0 bridgehead atoms. The molecule has 0 saturated carbocycles. The summed E-state index contributed by atoms with van der Waals surface area (Å²) in [5.41, 5.74) is 1.02. The number of cyclic esters (lactones) is 1. The van der Waals surface area contributed by atoms with Crippen molar-refractivity contribution in [3.8, 4) is 0 Å². The Labute approximate surface area is 218 Å². The average Bonchev–Trinajstić information content (AvgIpc) is 3.26. The predicted molar refractivity (Wildman–Crippen MR) is 147 cm³/mol. The molecule has 7 heteroatoms. The Kier molecular flexibility index (Phi) is 11.6. The van der Waals surface area contributed by atoms with Crippen LogP contribution in [0.15, 0.2) is 55.1 Å². The summed E-state index contributed by atoms with van der Waals surface area (Å²) in [4.78, 5) is 27.3. The van der Waals surface area contributed by atoms with E-state index in [-0.39, 0.29) is 30.6 Å². The van der Waals surface area contributed by atoms with Crippen LogP contribution in [0.3, 0.4) is 0 Å². The van der Waals surface area contributed by atoms with E-state index in [0.717, 1.165) is 23.7 Å². The third kappa shape index (κ3) is 7.17. The number of ether oxygens (including phenoxy) is 1. The molecule has 0 spiro atoms. The highest BCUT2D eigenvalue weighted by atomic mass is 28.4. The van der Waals surface area contributed by atoms with Crippen LogP contribution in [-0.2, 0) is 20.4 Å². The van der Waals surface area contributed by atoms with E-state index in [1.54, 1.807) is 13.0 Å². The molecule has 1 saturated heterocycles. The van der Waals surface area contributed by atoms with E-state index >= 15 is 0 Å². The highest BCUT2D eigenvalue weighted by Crippen LogP contribution is 2.33. The third-order valence-electron chi connectivity index (χ3n) is 7.86. The molecular formula is C29H45NO5Si. The quantitative estimate of drug-likeness (QED) is 0.244. The minimum atomic E-state index is -1.98. The molecule has 1 fully saturated rings. The molecule has 1 N–H and O–H groups in total. The van der Waals surface area contributed by atoms with Gasteiger partial charge in [-0.05, 0) is 36.0 Å². The number of carbonyl (C=O) groups is 2. The minimum Gasteiger partial charge on any atom is -0.447 e. The van der Waals surface area contributed by atoms with Crippen LogP contribution in [0.1, 0.15) is 47.1 Å². The molecule has 36 heavy (non-hydrogen) atoms. The standard InChI is InChI=1S/C29H45NO5Si/c1-8-12-16-21(5)27(35-36(9-2,10-3)11-4)22(6)26(31)23(7)28(32)30-25(20-34-29(30)33)19-24-17-14-13-15-18-24/h8,12-18,21-23,25-27,31H,1,9-11,19-20H2,2-7H3/b16-12+/t21-,22-,23+,25+,26-,27-/m0/s1. The van der Waals surface area contributed by atoms with E-state index < -0.39 is 32.3 Å². The molecule has 1 aliphatic rings. The van der Waals surface area contributed by atoms with Crippen molar-refractivity contribution >= 4 is 20.3 Å². The van der Waals surface area contributed by atoms with Crippen molar-refractivity contribution in [3.05, 3.63) is 60.7 Å². The summed E-state index contributed by atoms with van der Waals surface area (Å²) >= 11 is 0. The summed E-state index contributed by atoms with van der Waals surface area (Å²) in [6, 6.07) is 12.3. The highest BCUT2D eigenvalue weighted by Gasteiger charge is 2.44. The monoisotopic (exact) mass is 515 g/mol. The van der Waals surface area contributed by atoms with Gasteiger partial charge in [0.25, 0.3) is 0 Å². The Morgan fingerprint density at radius 1 is 1.19 bits per heavy atom. The van der Waals surface area contributed by atoms with Gasteiger partial charge in [-0.1, -0.05) is 96.7 Å². The van der Waals surface area contributed by atoms with Gasteiger partial charge < -0.3 is 14.3 Å². The number of carbonyl (C=O) groups excluding carboxylic acids is 2. The summed E-state index contributed by atoms with van der Waals surface area (Å²) in [6.07, 6.45) is 4.31. The summed E-state index contributed by atoms with van der Waals surface area (Å²) in [7, 11) is -1.98. The van der Waals surface area contributed by atoms with E-state index in [1.165, 1.54) is 4.90 Å². The van der Waals surface area contributed by atoms with Crippen LogP contribution < -0.4 is 0 Å². The van der Waals surface area contributed by atoms with Gasteiger partial charge >= 0.3 is 6.09 Å². The van der Waals surface area contributed by atoms with E-state index in [1.807, 2.05) is 49.4 Å². The number of allylic oxidation sites excluding steroid dienone is 2. The molecule has 6 nitrogen and oxygen atoms in total. The number of aliphatic hydroxyl groups is 1. The van der Waals surface area contributed by atoms with Gasteiger partial charge in [-0.25, -0.2) is 9.69 Å². The van der Waals surface area contributed by atoms with Gasteiger partial charge in [0.05, 0.1) is 24.2 Å². The largest absolute Gasteiger partial charge is 0.447 e. The molecule has 2 amide bonds. The number of amides is 2. The number of imide groups is 1. The van der Waals surface area contributed by atoms with E-state index in [9.17, 15) is 14.7 Å². The second kappa shape index (κ2) is 13.9. The Morgan fingerprint density at radius 2 is 1.81 bits per heavy atom. The zero-order chi connectivity index (χ0) is 26.9. The van der Waals surface area contributed by atoms with Crippen molar-refractivity contribution in [1.29, 1.82) is 0 Å². The lowest BCUT2D eigenvalue weighted by Crippen LogP contribution is -2.51. The number of benzene rings is 1. The minimum absolute atomic E-state index is 0.0223. The number of hydrogen-bond donors (Lipinski definition) is 1. The topological polar surface area (TPSA) is 76.1 Å². The fourth-order valence-electron chi connectivity index (χ4n) is 5.13. The summed E-state index contributed by atoms with van der Waals surface area (Å²) in [5.74, 6) is -1.49. The highest BCUT2D eigenvalue weighted by molar-refractivity contribution is 6.73. The maximum Gasteiger partial charge on any atom is 0.416 e. The zero-order valence-electron chi connectivity index (χ0n) is 22.9. The van der Waals surface area contributed by atoms with Gasteiger partial charge in [0.2, 0.25) is 5.91 Å². The lowest BCUT2D eigenvalue weighted by atomic mass is 9.83. The summed E-state index contributed by atoms with van der Waals surface area (Å²) in [6.45, 7) is 16.2. The van der Waals surface area contributed by atoms with Gasteiger partial charge in [0, 0.05) is 5.92 Å². The molecule has 0 aromatic heterocycles. The van der Waals surface area contributed by atoms with Crippen molar-refractivity contribution in [2.75, 3.05) is 6.61 Å². The first-order valence-corrected chi connectivity index (χ1v) is 15.9. The molecule has 200 valence electrons. The molecular weight excluding hydrogens is 470 g/mol. The van der Waals surface area contributed by atoms with Crippen molar-refractivity contribution in [2.24, 2.45) is 17.8 Å². The summed E-state index contributed by atoms with van der Waals surface area (Å²) < 4.78 is 12.1. The molecule has 2 rings (SSSR count). The van der Waals surface area contributed by atoms with Crippen LogP contribution in [0.2, 0.25) is 18.1 Å². The van der Waals surface area contributed by atoms with E-state index in [0.29, 0.717) is 6.42 Å². The normalized spacial score (nSPS) is 20.6. The van der Waals surface area contributed by atoms with Crippen LogP contribution in [0, 0.1) is 17.8 Å². The van der Waals surface area contributed by atoms with Crippen LogP contribution in [0.5, 0.6) is 0 Å². The van der Waals surface area contributed by atoms with Gasteiger partial charge in [-0.3, -0.25) is 4.79 Å². The fraction of sp³-hybridized carbons (Fsp3) is 0.586. The molecule has 1 aromatic carbocycles. The average molecular weight is 516 g/mol. The van der Waals surface area contributed by atoms with Crippen LogP contribution in [-0.4, -0.2) is 55.2 Å². The first-order chi connectivity index (χ1) is 17.1. The van der Waals surface area contributed by atoms with Gasteiger partial charge in [-0.2, -0.15) is 0 Å². The Hall–Kier alpha value is -2.22. The smallest absolute Gasteiger partial charge is 0.416 e. The number of hydrogen-bond acceptors (Lipinski definition) is 5. The maximum absolute atomic E-state index is 13.5. The maximum atomic E-state index is 13.5. The molecule has 1 heterocycles. The zero-order valence-corrected chi connectivity index (χ0v) is 23.9. The molecule has 1 aliphatic heterocycles. The first kappa shape index (κ1) is 30.0. The second-order valence-corrected chi connectivity index (χ2v) is 14.8. The summed E-state index contributed by atoms with van der Waals surface area (Å²) in [5, 5.41) is 11.4.